The maximum absolute atomic E-state index is 16.3. The minimum Gasteiger partial charge on any atom is -0.478 e. The van der Waals surface area contributed by atoms with Crippen LogP contribution in [0.15, 0.2) is 36.4 Å². The molecule has 0 bridgehead atoms. The van der Waals surface area contributed by atoms with Crippen molar-refractivity contribution < 1.29 is 67.7 Å². The van der Waals surface area contributed by atoms with E-state index in [1.54, 1.807) is 60.6 Å². The zero-order chi connectivity index (χ0) is 73.2. The van der Waals surface area contributed by atoms with E-state index in [0.717, 1.165) is 9.80 Å². The van der Waals surface area contributed by atoms with Gasteiger partial charge in [-0.2, -0.15) is 0 Å². The molecule has 0 saturated carbocycles. The van der Waals surface area contributed by atoms with Crippen molar-refractivity contribution in [1.29, 1.82) is 0 Å². The highest BCUT2D eigenvalue weighted by Gasteiger charge is 2.54. The first kappa shape index (κ1) is 83.6. The number of benzene rings is 1. The largest absolute Gasteiger partial charge is 0.478 e. The number of carboxylic acids is 1. The molecule has 1 aromatic carbocycles. The summed E-state index contributed by atoms with van der Waals surface area (Å²) < 4.78 is 0. The van der Waals surface area contributed by atoms with Gasteiger partial charge in [0.05, 0.1) is 18.2 Å². The summed E-state index contributed by atoms with van der Waals surface area (Å²) in [7, 11) is 9.75. The summed E-state index contributed by atoms with van der Waals surface area (Å²) in [6, 6.07) is -6.01. The molecular weight excluding hydrogens is 1220 g/mol. The second kappa shape index (κ2) is 37.2. The summed E-state index contributed by atoms with van der Waals surface area (Å²) in [5.41, 5.74) is -1.66. The van der Waals surface area contributed by atoms with Crippen LogP contribution in [0.2, 0.25) is 0 Å². The quantitative estimate of drug-likeness (QED) is 0.110. The van der Waals surface area contributed by atoms with Gasteiger partial charge < -0.3 is 65.8 Å². The van der Waals surface area contributed by atoms with Crippen LogP contribution in [0.4, 0.5) is 0 Å². The molecule has 25 heteroatoms. The predicted octanol–water partition coefficient (Wildman–Crippen LogP) is 4.58. The van der Waals surface area contributed by atoms with Crippen LogP contribution in [0.25, 0.3) is 0 Å². The van der Waals surface area contributed by atoms with E-state index in [0.29, 0.717) is 5.56 Å². The lowest BCUT2D eigenvalue weighted by Gasteiger charge is -2.49. The molecule has 1 aliphatic heterocycles. The highest BCUT2D eigenvalue weighted by molar-refractivity contribution is 6.01. The maximum atomic E-state index is 16.3. The fourth-order valence-electron chi connectivity index (χ4n) is 12.2. The Bertz CT molecular complexity index is 2860. The molecular formula is C70H117N11O14. The van der Waals surface area contributed by atoms with Crippen molar-refractivity contribution >= 4 is 70.9 Å². The third-order valence-electron chi connectivity index (χ3n) is 18.3. The molecule has 0 unspecified atom stereocenters. The van der Waals surface area contributed by atoms with Crippen molar-refractivity contribution in [3.05, 3.63) is 47.5 Å². The van der Waals surface area contributed by atoms with Gasteiger partial charge in [-0.05, 0) is 118 Å². The van der Waals surface area contributed by atoms with Crippen molar-refractivity contribution in [2.45, 2.75) is 229 Å². The molecule has 95 heavy (non-hydrogen) atoms. The van der Waals surface area contributed by atoms with Crippen LogP contribution in [0.1, 0.15) is 172 Å². The number of allylic oxidation sites excluding steroid dienone is 2. The Labute approximate surface area is 565 Å². The third kappa shape index (κ3) is 22.0. The number of hydrogen-bond donors (Lipinski definition) is 6. The van der Waals surface area contributed by atoms with Gasteiger partial charge in [0, 0.05) is 55.8 Å². The molecule has 2 rings (SSSR count). The minimum absolute atomic E-state index is 0.0390. The lowest BCUT2D eigenvalue weighted by atomic mass is 9.76. The smallest absolute Gasteiger partial charge is 0.335 e. The monoisotopic (exact) mass is 1340 g/mol. The van der Waals surface area contributed by atoms with Gasteiger partial charge in [0.1, 0.15) is 59.9 Å². The summed E-state index contributed by atoms with van der Waals surface area (Å²) in [6.07, 6.45) is 2.24. The fourth-order valence-corrected chi connectivity index (χ4v) is 12.2. The van der Waals surface area contributed by atoms with E-state index >= 15 is 19.2 Å². The lowest BCUT2D eigenvalue weighted by Crippen LogP contribution is -2.69. The lowest BCUT2D eigenvalue weighted by molar-refractivity contribution is -0.165. The van der Waals surface area contributed by atoms with Gasteiger partial charge in [-0.3, -0.25) is 52.7 Å². The number of hydrogen-bond acceptors (Lipinski definition) is 13. The predicted molar refractivity (Wildman–Crippen MR) is 364 cm³/mol. The number of amides is 11. The molecule has 25 nitrogen and oxygen atoms in total. The molecule has 1 aromatic rings. The van der Waals surface area contributed by atoms with Crippen molar-refractivity contribution in [2.24, 2.45) is 41.4 Å². The Morgan fingerprint density at radius 1 is 0.558 bits per heavy atom. The highest BCUT2D eigenvalue weighted by atomic mass is 16.4. The number of carboxylic acid groups (broad SMARTS) is 1. The van der Waals surface area contributed by atoms with Crippen LogP contribution in [0, 0.1) is 41.4 Å². The molecule has 11 amide bonds. The molecule has 1 saturated heterocycles. The van der Waals surface area contributed by atoms with Crippen molar-refractivity contribution in [2.75, 3.05) is 55.9 Å². The number of nitrogens with one attached hydrogen (secondary N) is 4. The number of aliphatic hydroxyl groups excluding tert-OH is 1. The van der Waals surface area contributed by atoms with E-state index in [-0.39, 0.29) is 74.2 Å². The van der Waals surface area contributed by atoms with Crippen molar-refractivity contribution in [3.8, 4) is 0 Å². The second-order valence-electron chi connectivity index (χ2n) is 28.6. The normalized spacial score (nSPS) is 26.0. The zero-order valence-electron chi connectivity index (χ0n) is 61.4. The van der Waals surface area contributed by atoms with Gasteiger partial charge in [-0.25, -0.2) is 4.79 Å². The average Bonchev–Trinajstić information content (AvgIpc) is 0.752. The van der Waals surface area contributed by atoms with Crippen LogP contribution in [0.3, 0.4) is 0 Å². The number of rotatable bonds is 18. The molecule has 536 valence electrons. The number of aromatic carboxylic acids is 1. The Balaban J connectivity index is 3.20. The molecule has 1 heterocycles. The number of nitrogens with zero attached hydrogens (tertiary/aromatic N) is 7. The summed E-state index contributed by atoms with van der Waals surface area (Å²) in [5, 5.41) is 33.4. The average molecular weight is 1340 g/mol. The first-order chi connectivity index (χ1) is 44.0. The van der Waals surface area contributed by atoms with Crippen molar-refractivity contribution in [3.63, 3.8) is 0 Å². The molecule has 0 spiro atoms. The summed E-state index contributed by atoms with van der Waals surface area (Å²) >= 11 is 0. The van der Waals surface area contributed by atoms with Gasteiger partial charge in [-0.15, -0.1) is 0 Å². The van der Waals surface area contributed by atoms with Gasteiger partial charge >= 0.3 is 5.97 Å². The van der Waals surface area contributed by atoms with E-state index in [1.807, 2.05) is 55.4 Å². The Hall–Kier alpha value is -7.44. The Morgan fingerprint density at radius 3 is 1.47 bits per heavy atom. The summed E-state index contributed by atoms with van der Waals surface area (Å²) in [6.45, 7) is 29.0. The van der Waals surface area contributed by atoms with Crippen LogP contribution >= 0.6 is 0 Å². The Kier molecular flexibility index (Phi) is 32.7. The third-order valence-corrected chi connectivity index (χ3v) is 18.3. The van der Waals surface area contributed by atoms with E-state index in [9.17, 15) is 48.6 Å². The molecule has 1 aliphatic rings. The highest BCUT2D eigenvalue weighted by Crippen LogP contribution is 2.35. The standard InChI is InChI=1S/C70H117N11O14/c1-25-27-28-45(15)58(83)57-62(87)73-50(26-2)64(89)75(18)38-55(82)76(19)51(33-39(3)4)61(86)74-56(43(11)12)67(92)77(20)52(34-40(5)6)60(85)71-46(16)59(84)72-47(17)63(88)78(21)53(35-41(7)8)65(90)79(22)54(36-42(9)10)66(91)81(24)70(44(13)14,69(95)80(57)23)37-48-29-31-49(32-30-48)68(93)94/h25,27,29-32,39-47,50-54,56-58,83H,26,28,33-38H2,1-24H3,(H,71,85)(H,72,84)(H,73,87)(H,74,86)(H,93,94)/b27-25+/t45-,46+,47-,50+,51+,52+,53+,54+,56+,57+,58-,70+/m1/s1. The molecule has 1 fully saturated rings. The maximum Gasteiger partial charge on any atom is 0.335 e. The van der Waals surface area contributed by atoms with E-state index in [1.165, 1.54) is 112 Å². The molecule has 12 atom stereocenters. The van der Waals surface area contributed by atoms with Crippen LogP contribution in [0.5, 0.6) is 0 Å². The molecule has 0 aliphatic carbocycles. The minimum atomic E-state index is -2.00. The number of aliphatic hydroxyl groups is 1. The van der Waals surface area contributed by atoms with Gasteiger partial charge in [0.25, 0.3) is 0 Å². The van der Waals surface area contributed by atoms with E-state index in [4.69, 9.17) is 0 Å². The molecule has 0 aromatic heterocycles. The first-order valence-corrected chi connectivity index (χ1v) is 33.7. The molecule has 0 radical (unpaired) electrons. The fraction of sp³-hybridized carbons (Fsp3) is 0.714. The summed E-state index contributed by atoms with van der Waals surface area (Å²) in [4.78, 5) is 185. The second-order valence-corrected chi connectivity index (χ2v) is 28.6. The van der Waals surface area contributed by atoms with Gasteiger partial charge in [0.2, 0.25) is 65.0 Å². The number of likely N-dealkylation sites (N-methyl/N-ethyl adjacent to an activating group) is 7. The Morgan fingerprint density at radius 2 is 1.01 bits per heavy atom. The van der Waals surface area contributed by atoms with Crippen molar-refractivity contribution in [1.82, 2.24) is 55.6 Å². The topological polar surface area (TPSA) is 316 Å². The van der Waals surface area contributed by atoms with E-state index < -0.39 is 161 Å². The number of carbonyl (C=O) groups is 12. The van der Waals surface area contributed by atoms with E-state index in [2.05, 4.69) is 21.3 Å². The zero-order valence-corrected chi connectivity index (χ0v) is 61.4. The van der Waals surface area contributed by atoms with Crippen LogP contribution < -0.4 is 21.3 Å². The number of carbonyl (C=O) groups excluding carboxylic acids is 11. The molecule has 6 N–H and O–H groups in total. The van der Waals surface area contributed by atoms with Crippen LogP contribution in [-0.2, 0) is 59.2 Å². The SMILES string of the molecule is C/C=C/C[C@@H](C)[C@@H](O)[C@H]1C(=O)N[C@@H](CC)C(=O)N(C)CC(=O)N(C)[C@@H](CC(C)C)C(=O)N[C@@H](C(C)C)C(=O)N(C)[C@@H](CC(C)C)C(=O)N[C@@H](C)C(=O)N[C@H](C)C(=O)N(C)[C@@H](CC(C)C)C(=O)N(C)[C@@H](CC(C)C)C(=O)N(C)[C@@](Cc2ccc(C(=O)O)cc2)(C(C)C)C(=O)N1C. The van der Waals surface area contributed by atoms with Gasteiger partial charge in [-0.1, -0.05) is 121 Å². The van der Waals surface area contributed by atoms with Gasteiger partial charge in [0.15, 0.2) is 0 Å². The summed E-state index contributed by atoms with van der Waals surface area (Å²) in [5.74, 6) is -12.1. The first-order valence-electron chi connectivity index (χ1n) is 33.7. The van der Waals surface area contributed by atoms with Crippen LogP contribution in [-0.4, -0.2) is 237 Å².